The van der Waals surface area contributed by atoms with Crippen LogP contribution in [-0.4, -0.2) is 11.1 Å². The minimum absolute atomic E-state index is 0.159. The van der Waals surface area contributed by atoms with Crippen molar-refractivity contribution < 1.29 is 9.90 Å². The van der Waals surface area contributed by atoms with Gasteiger partial charge in [-0.3, -0.25) is 4.79 Å². The summed E-state index contributed by atoms with van der Waals surface area (Å²) in [4.78, 5) is 10.5. The molecule has 0 saturated heterocycles. The van der Waals surface area contributed by atoms with Gasteiger partial charge in [0, 0.05) is 0 Å². The topological polar surface area (TPSA) is 61.1 Å². The summed E-state index contributed by atoms with van der Waals surface area (Å²) in [6.07, 6.45) is -0.159. The predicted octanol–water partition coefficient (Wildman–Crippen LogP) is 2.15. The molecule has 0 spiro atoms. The van der Waals surface area contributed by atoms with Crippen LogP contribution in [0.3, 0.4) is 0 Å². The van der Waals surface area contributed by atoms with Crippen molar-refractivity contribution >= 4 is 17.6 Å². The van der Waals surface area contributed by atoms with Gasteiger partial charge in [0.25, 0.3) is 0 Å². The molecule has 0 bridgehead atoms. The van der Waals surface area contributed by atoms with Crippen LogP contribution in [0.5, 0.6) is 0 Å². The van der Waals surface area contributed by atoms with E-state index in [2.05, 4.69) is 0 Å². The summed E-state index contributed by atoms with van der Waals surface area (Å²) in [6.45, 7) is 1.76. The summed E-state index contributed by atoms with van der Waals surface area (Å²) in [5, 5.41) is 17.6. The van der Waals surface area contributed by atoms with E-state index in [0.29, 0.717) is 11.1 Å². The molecule has 0 saturated carbocycles. The first-order valence-electron chi connectivity index (χ1n) is 3.96. The Morgan fingerprint density at radius 3 is 2.79 bits per heavy atom. The van der Waals surface area contributed by atoms with Gasteiger partial charge in [0.1, 0.15) is 6.07 Å². The largest absolute Gasteiger partial charge is 0.481 e. The minimum Gasteiger partial charge on any atom is -0.481 e. The molecule has 1 aromatic carbocycles. The van der Waals surface area contributed by atoms with Crippen LogP contribution in [0.25, 0.3) is 0 Å². The molecule has 72 valence electrons. The van der Waals surface area contributed by atoms with Crippen molar-refractivity contribution in [3.8, 4) is 6.07 Å². The molecule has 14 heavy (non-hydrogen) atoms. The third-order valence-corrected chi connectivity index (χ3v) is 2.32. The fraction of sp³-hybridized carbons (Fsp3) is 0.200. The van der Waals surface area contributed by atoms with Gasteiger partial charge < -0.3 is 5.11 Å². The van der Waals surface area contributed by atoms with Gasteiger partial charge in [-0.25, -0.2) is 0 Å². The molecule has 0 amide bonds. The van der Waals surface area contributed by atoms with E-state index in [-0.39, 0.29) is 11.4 Å². The standard InChI is InChI=1S/C10H8ClNO2/c1-6-2-3-7(4-9(13)14)10(11)8(6)5-12/h2-3H,4H2,1H3,(H,13,14). The average Bonchev–Trinajstić information content (AvgIpc) is 2.10. The van der Waals surface area contributed by atoms with Crippen LogP contribution in [0.2, 0.25) is 5.02 Å². The summed E-state index contributed by atoms with van der Waals surface area (Å²) < 4.78 is 0. The Morgan fingerprint density at radius 2 is 2.29 bits per heavy atom. The van der Waals surface area contributed by atoms with Gasteiger partial charge in [-0.2, -0.15) is 5.26 Å². The SMILES string of the molecule is Cc1ccc(CC(=O)O)c(Cl)c1C#N. The molecule has 0 radical (unpaired) electrons. The van der Waals surface area contributed by atoms with E-state index in [0.717, 1.165) is 5.56 Å². The van der Waals surface area contributed by atoms with Crippen LogP contribution in [0.1, 0.15) is 16.7 Å². The lowest BCUT2D eigenvalue weighted by atomic mass is 10.0. The van der Waals surface area contributed by atoms with Crippen molar-refractivity contribution in [1.29, 1.82) is 5.26 Å². The van der Waals surface area contributed by atoms with Gasteiger partial charge in [0.2, 0.25) is 0 Å². The van der Waals surface area contributed by atoms with E-state index in [1.807, 2.05) is 6.07 Å². The van der Waals surface area contributed by atoms with Gasteiger partial charge >= 0.3 is 5.97 Å². The van der Waals surface area contributed by atoms with Crippen molar-refractivity contribution in [3.63, 3.8) is 0 Å². The molecule has 0 aliphatic rings. The summed E-state index contributed by atoms with van der Waals surface area (Å²) >= 11 is 5.87. The van der Waals surface area contributed by atoms with Crippen molar-refractivity contribution in [1.82, 2.24) is 0 Å². The summed E-state index contributed by atoms with van der Waals surface area (Å²) in [6, 6.07) is 5.28. The lowest BCUT2D eigenvalue weighted by Crippen LogP contribution is -2.02. The smallest absolute Gasteiger partial charge is 0.307 e. The van der Waals surface area contributed by atoms with E-state index >= 15 is 0 Å². The fourth-order valence-corrected chi connectivity index (χ4v) is 1.47. The first-order chi connectivity index (χ1) is 6.56. The highest BCUT2D eigenvalue weighted by Gasteiger charge is 2.11. The molecule has 0 aliphatic carbocycles. The third kappa shape index (κ3) is 2.04. The molecule has 0 aromatic heterocycles. The van der Waals surface area contributed by atoms with E-state index in [4.69, 9.17) is 22.0 Å². The second kappa shape index (κ2) is 4.12. The maximum atomic E-state index is 10.5. The van der Waals surface area contributed by atoms with E-state index in [1.165, 1.54) is 0 Å². The number of hydrogen-bond donors (Lipinski definition) is 1. The average molecular weight is 210 g/mol. The number of carbonyl (C=O) groups is 1. The second-order valence-electron chi connectivity index (χ2n) is 2.91. The monoisotopic (exact) mass is 209 g/mol. The maximum Gasteiger partial charge on any atom is 0.307 e. The van der Waals surface area contributed by atoms with Crippen molar-refractivity contribution in [3.05, 3.63) is 33.8 Å². The van der Waals surface area contributed by atoms with E-state index in [9.17, 15) is 4.79 Å². The molecule has 1 aromatic rings. The Bertz CT molecular complexity index is 421. The lowest BCUT2D eigenvalue weighted by molar-refractivity contribution is -0.136. The van der Waals surface area contributed by atoms with Gasteiger partial charge in [0.05, 0.1) is 17.0 Å². The Hall–Kier alpha value is -1.53. The zero-order valence-corrected chi connectivity index (χ0v) is 8.30. The van der Waals surface area contributed by atoms with Gasteiger partial charge in [-0.1, -0.05) is 23.7 Å². The Balaban J connectivity index is 3.23. The van der Waals surface area contributed by atoms with Gasteiger partial charge in [-0.15, -0.1) is 0 Å². The first-order valence-corrected chi connectivity index (χ1v) is 4.34. The first kappa shape index (κ1) is 10.6. The summed E-state index contributed by atoms with van der Waals surface area (Å²) in [7, 11) is 0. The molecular weight excluding hydrogens is 202 g/mol. The predicted molar refractivity (Wildman–Crippen MR) is 52.2 cm³/mol. The van der Waals surface area contributed by atoms with Crippen LogP contribution >= 0.6 is 11.6 Å². The van der Waals surface area contributed by atoms with Crippen LogP contribution < -0.4 is 0 Å². The van der Waals surface area contributed by atoms with Crippen molar-refractivity contribution in [2.45, 2.75) is 13.3 Å². The number of nitrogens with zero attached hydrogens (tertiary/aromatic N) is 1. The number of carboxylic acids is 1. The second-order valence-corrected chi connectivity index (χ2v) is 3.29. The zero-order valence-electron chi connectivity index (χ0n) is 7.54. The Labute approximate surface area is 86.5 Å². The number of rotatable bonds is 2. The quantitative estimate of drug-likeness (QED) is 0.812. The number of hydrogen-bond acceptors (Lipinski definition) is 2. The Morgan fingerprint density at radius 1 is 1.64 bits per heavy atom. The normalized spacial score (nSPS) is 9.50. The van der Waals surface area contributed by atoms with Crippen LogP contribution in [0.15, 0.2) is 12.1 Å². The molecule has 0 fully saturated rings. The molecule has 4 heteroatoms. The van der Waals surface area contributed by atoms with Gasteiger partial charge in [-0.05, 0) is 18.1 Å². The molecule has 0 aliphatic heterocycles. The van der Waals surface area contributed by atoms with Crippen LogP contribution in [-0.2, 0) is 11.2 Å². The third-order valence-electron chi connectivity index (χ3n) is 1.88. The highest BCUT2D eigenvalue weighted by atomic mass is 35.5. The molecular formula is C10H8ClNO2. The highest BCUT2D eigenvalue weighted by molar-refractivity contribution is 6.32. The number of aliphatic carboxylic acids is 1. The number of nitriles is 1. The Kier molecular flexibility index (Phi) is 3.10. The fourth-order valence-electron chi connectivity index (χ4n) is 1.15. The summed E-state index contributed by atoms with van der Waals surface area (Å²) in [5.74, 6) is -0.959. The summed E-state index contributed by atoms with van der Waals surface area (Å²) in [5.41, 5.74) is 1.58. The molecule has 0 heterocycles. The molecule has 3 nitrogen and oxygen atoms in total. The number of carboxylic acid groups (broad SMARTS) is 1. The van der Waals surface area contributed by atoms with Crippen LogP contribution in [0.4, 0.5) is 0 Å². The van der Waals surface area contributed by atoms with Gasteiger partial charge in [0.15, 0.2) is 0 Å². The minimum atomic E-state index is -0.959. The molecule has 1 N–H and O–H groups in total. The van der Waals surface area contributed by atoms with Crippen LogP contribution in [0, 0.1) is 18.3 Å². The van der Waals surface area contributed by atoms with Crippen molar-refractivity contribution in [2.24, 2.45) is 0 Å². The maximum absolute atomic E-state index is 10.5. The zero-order chi connectivity index (χ0) is 10.7. The van der Waals surface area contributed by atoms with Crippen molar-refractivity contribution in [2.75, 3.05) is 0 Å². The molecule has 1 rings (SSSR count). The number of benzene rings is 1. The number of halogens is 1. The lowest BCUT2D eigenvalue weighted by Gasteiger charge is -2.05. The molecule has 0 atom stereocenters. The number of aryl methyl sites for hydroxylation is 1. The van der Waals surface area contributed by atoms with E-state index < -0.39 is 5.97 Å². The highest BCUT2D eigenvalue weighted by Crippen LogP contribution is 2.24. The van der Waals surface area contributed by atoms with E-state index in [1.54, 1.807) is 19.1 Å². The molecule has 0 unspecified atom stereocenters.